The summed E-state index contributed by atoms with van der Waals surface area (Å²) in [5.41, 5.74) is 0.575. The number of allylic oxidation sites excluding steroid dienone is 2. The molecular weight excluding hydrogens is 272 g/mol. The highest BCUT2D eigenvalue weighted by Gasteiger charge is 2.15. The molecule has 1 aliphatic carbocycles. The van der Waals surface area contributed by atoms with Crippen LogP contribution in [0.25, 0.3) is 0 Å². The van der Waals surface area contributed by atoms with E-state index in [-0.39, 0.29) is 12.1 Å². The van der Waals surface area contributed by atoms with Gasteiger partial charge in [-0.1, -0.05) is 23.8 Å². The lowest BCUT2D eigenvalue weighted by atomic mass is 10.0. The van der Waals surface area contributed by atoms with Crippen LogP contribution in [0.15, 0.2) is 36.4 Å². The molecule has 108 valence electrons. The van der Waals surface area contributed by atoms with Gasteiger partial charge in [0.1, 0.15) is 6.10 Å². The van der Waals surface area contributed by atoms with E-state index in [1.54, 1.807) is 24.3 Å². The van der Waals surface area contributed by atoms with Crippen LogP contribution in [-0.2, 0) is 4.74 Å². The van der Waals surface area contributed by atoms with Gasteiger partial charge in [-0.2, -0.15) is 0 Å². The van der Waals surface area contributed by atoms with Crippen molar-refractivity contribution in [3.05, 3.63) is 47.0 Å². The maximum atomic E-state index is 12.1. The number of hydrogen-bond donors (Lipinski definition) is 0. The van der Waals surface area contributed by atoms with Crippen molar-refractivity contribution >= 4 is 17.6 Å². The Morgan fingerprint density at radius 1 is 1.00 bits per heavy atom. The Balaban J connectivity index is 1.90. The van der Waals surface area contributed by atoms with Gasteiger partial charge >= 0.3 is 5.97 Å². The molecule has 0 saturated heterocycles. The van der Waals surface area contributed by atoms with E-state index >= 15 is 0 Å². The second-order valence-electron chi connectivity index (χ2n) is 5.22. The third-order valence-electron chi connectivity index (χ3n) is 3.56. The van der Waals surface area contributed by atoms with Crippen LogP contribution in [0, 0.1) is 0 Å². The van der Waals surface area contributed by atoms with Crippen molar-refractivity contribution in [2.75, 3.05) is 0 Å². The largest absolute Gasteiger partial charge is 0.459 e. The summed E-state index contributed by atoms with van der Waals surface area (Å²) in [6, 6.07) is 6.87. The molecule has 0 aromatic heterocycles. The minimum Gasteiger partial charge on any atom is -0.459 e. The molecule has 0 N–H and O–H groups in total. The van der Waals surface area contributed by atoms with Crippen molar-refractivity contribution in [1.82, 2.24) is 0 Å². The molecule has 0 unspecified atom stereocenters. The van der Waals surface area contributed by atoms with Gasteiger partial charge in [0.25, 0.3) is 0 Å². The standard InChI is InChI=1S/C17H21ClO2/c18-15-12-10-14(11-13-15)17(19)20-16-8-6-4-2-1-3-5-7-9-16/h1-2,10-13,16H,3-9H2/b2-1-/t16-/m1/s1. The Morgan fingerprint density at radius 2 is 1.65 bits per heavy atom. The molecule has 1 atom stereocenters. The van der Waals surface area contributed by atoms with Crippen LogP contribution in [-0.4, -0.2) is 12.1 Å². The fourth-order valence-electron chi connectivity index (χ4n) is 2.40. The monoisotopic (exact) mass is 292 g/mol. The van der Waals surface area contributed by atoms with Crippen LogP contribution in [0.2, 0.25) is 5.02 Å². The van der Waals surface area contributed by atoms with E-state index in [0.29, 0.717) is 10.6 Å². The highest BCUT2D eigenvalue weighted by Crippen LogP contribution is 2.18. The Kier molecular flexibility index (Phi) is 6.13. The lowest BCUT2D eigenvalue weighted by Crippen LogP contribution is -2.18. The fourth-order valence-corrected chi connectivity index (χ4v) is 2.53. The van der Waals surface area contributed by atoms with E-state index in [1.807, 2.05) is 0 Å². The molecule has 2 rings (SSSR count). The SMILES string of the molecule is O=C(O[C@@H]1CCC/C=C\CCCC1)c1ccc(Cl)cc1. The number of benzene rings is 1. The first kappa shape index (κ1) is 15.1. The number of carbonyl (C=O) groups excluding carboxylic acids is 1. The zero-order chi connectivity index (χ0) is 14.2. The van der Waals surface area contributed by atoms with Crippen molar-refractivity contribution in [2.24, 2.45) is 0 Å². The van der Waals surface area contributed by atoms with Crippen molar-refractivity contribution in [3.63, 3.8) is 0 Å². The van der Waals surface area contributed by atoms with Crippen LogP contribution in [0.4, 0.5) is 0 Å². The maximum absolute atomic E-state index is 12.1. The smallest absolute Gasteiger partial charge is 0.338 e. The van der Waals surface area contributed by atoms with Crippen molar-refractivity contribution in [2.45, 2.75) is 51.0 Å². The van der Waals surface area contributed by atoms with Gasteiger partial charge in [-0.05, 0) is 69.2 Å². The predicted octanol–water partition coefficient (Wildman–Crippen LogP) is 5.17. The van der Waals surface area contributed by atoms with E-state index in [0.717, 1.165) is 38.5 Å². The lowest BCUT2D eigenvalue weighted by Gasteiger charge is -2.18. The van der Waals surface area contributed by atoms with Gasteiger partial charge in [0.15, 0.2) is 0 Å². The molecule has 0 amide bonds. The Hall–Kier alpha value is -1.28. The topological polar surface area (TPSA) is 26.3 Å². The highest BCUT2D eigenvalue weighted by atomic mass is 35.5. The molecule has 1 aromatic rings. The summed E-state index contributed by atoms with van der Waals surface area (Å²) < 4.78 is 5.64. The number of halogens is 1. The van der Waals surface area contributed by atoms with Gasteiger partial charge in [0.05, 0.1) is 5.56 Å². The maximum Gasteiger partial charge on any atom is 0.338 e. The molecular formula is C17H21ClO2. The number of rotatable bonds is 2. The Bertz CT molecular complexity index is 451. The van der Waals surface area contributed by atoms with Crippen LogP contribution in [0.3, 0.4) is 0 Å². The minimum atomic E-state index is -0.237. The van der Waals surface area contributed by atoms with E-state index in [1.165, 1.54) is 6.42 Å². The minimum absolute atomic E-state index is 0.0460. The second-order valence-corrected chi connectivity index (χ2v) is 5.66. The highest BCUT2D eigenvalue weighted by molar-refractivity contribution is 6.30. The van der Waals surface area contributed by atoms with Crippen molar-refractivity contribution in [3.8, 4) is 0 Å². The van der Waals surface area contributed by atoms with Crippen LogP contribution < -0.4 is 0 Å². The average Bonchev–Trinajstić information content (AvgIpc) is 2.46. The summed E-state index contributed by atoms with van der Waals surface area (Å²) in [5.74, 6) is -0.237. The molecule has 0 bridgehead atoms. The van der Waals surface area contributed by atoms with E-state index in [2.05, 4.69) is 12.2 Å². The summed E-state index contributed by atoms with van der Waals surface area (Å²) in [4.78, 5) is 12.1. The fraction of sp³-hybridized carbons (Fsp3) is 0.471. The summed E-state index contributed by atoms with van der Waals surface area (Å²) >= 11 is 5.82. The molecule has 1 aromatic carbocycles. The second kappa shape index (κ2) is 8.11. The van der Waals surface area contributed by atoms with Gasteiger partial charge < -0.3 is 4.74 Å². The molecule has 20 heavy (non-hydrogen) atoms. The number of ether oxygens (including phenoxy) is 1. The summed E-state index contributed by atoms with van der Waals surface area (Å²) in [6.45, 7) is 0. The van der Waals surface area contributed by atoms with Crippen LogP contribution in [0.5, 0.6) is 0 Å². The van der Waals surface area contributed by atoms with Gasteiger partial charge in [0.2, 0.25) is 0 Å². The molecule has 0 spiro atoms. The molecule has 1 aliphatic rings. The number of carbonyl (C=O) groups is 1. The Labute approximate surface area is 125 Å². The van der Waals surface area contributed by atoms with Crippen LogP contribution in [0.1, 0.15) is 55.3 Å². The zero-order valence-corrected chi connectivity index (χ0v) is 12.4. The normalized spacial score (nSPS) is 21.9. The molecule has 0 aliphatic heterocycles. The summed E-state index contributed by atoms with van der Waals surface area (Å²) in [6.07, 6.45) is 12.0. The summed E-state index contributed by atoms with van der Waals surface area (Å²) in [7, 11) is 0. The van der Waals surface area contributed by atoms with Crippen molar-refractivity contribution < 1.29 is 9.53 Å². The van der Waals surface area contributed by atoms with E-state index < -0.39 is 0 Å². The third kappa shape index (κ3) is 5.01. The Morgan fingerprint density at radius 3 is 2.40 bits per heavy atom. The first-order valence-electron chi connectivity index (χ1n) is 7.37. The van der Waals surface area contributed by atoms with Gasteiger partial charge in [-0.15, -0.1) is 0 Å². The van der Waals surface area contributed by atoms with Gasteiger partial charge in [-0.3, -0.25) is 0 Å². The lowest BCUT2D eigenvalue weighted by molar-refractivity contribution is 0.0251. The molecule has 0 fully saturated rings. The zero-order valence-electron chi connectivity index (χ0n) is 11.7. The quantitative estimate of drug-likeness (QED) is 0.555. The van der Waals surface area contributed by atoms with Crippen LogP contribution >= 0.6 is 11.6 Å². The molecule has 0 heterocycles. The summed E-state index contributed by atoms with van der Waals surface area (Å²) in [5, 5.41) is 0.632. The number of esters is 1. The van der Waals surface area contributed by atoms with E-state index in [9.17, 15) is 4.79 Å². The first-order chi connectivity index (χ1) is 9.75. The number of hydrogen-bond acceptors (Lipinski definition) is 2. The average molecular weight is 293 g/mol. The van der Waals surface area contributed by atoms with E-state index in [4.69, 9.17) is 16.3 Å². The van der Waals surface area contributed by atoms with Gasteiger partial charge in [0, 0.05) is 5.02 Å². The van der Waals surface area contributed by atoms with Crippen molar-refractivity contribution in [1.29, 1.82) is 0 Å². The third-order valence-corrected chi connectivity index (χ3v) is 3.82. The van der Waals surface area contributed by atoms with Gasteiger partial charge in [-0.25, -0.2) is 4.79 Å². The molecule has 2 nitrogen and oxygen atoms in total. The molecule has 0 radical (unpaired) electrons. The molecule has 3 heteroatoms. The molecule has 0 saturated carbocycles. The first-order valence-corrected chi connectivity index (χ1v) is 7.75. The predicted molar refractivity (Wildman–Crippen MR) is 82.1 cm³/mol.